The lowest BCUT2D eigenvalue weighted by atomic mass is 10.3. The molecular weight excluding hydrogens is 190 g/mol. The van der Waals surface area contributed by atoms with E-state index in [1.807, 2.05) is 28.0 Å². The standard InChI is InChI=1S/C10H15N5/c1-2-14-7-10(5-12-14)8-15-6-9(3-11)4-13-15/h4-7H,2-3,8,11H2,1H3. The normalized spacial score (nSPS) is 10.8. The van der Waals surface area contributed by atoms with E-state index in [1.165, 1.54) is 0 Å². The number of nitrogens with two attached hydrogens (primary N) is 1. The van der Waals surface area contributed by atoms with Gasteiger partial charge in [-0.1, -0.05) is 0 Å². The molecule has 2 aromatic heterocycles. The summed E-state index contributed by atoms with van der Waals surface area (Å²) in [5, 5.41) is 8.43. The molecule has 0 saturated heterocycles. The molecule has 0 spiro atoms. The summed E-state index contributed by atoms with van der Waals surface area (Å²) in [5.74, 6) is 0. The van der Waals surface area contributed by atoms with Gasteiger partial charge in [0.25, 0.3) is 0 Å². The molecule has 0 aliphatic carbocycles. The van der Waals surface area contributed by atoms with Crippen LogP contribution in [-0.4, -0.2) is 19.6 Å². The molecule has 0 radical (unpaired) electrons. The van der Waals surface area contributed by atoms with Crippen molar-refractivity contribution >= 4 is 0 Å². The zero-order valence-corrected chi connectivity index (χ0v) is 8.80. The highest BCUT2D eigenvalue weighted by molar-refractivity contribution is 5.08. The summed E-state index contributed by atoms with van der Waals surface area (Å²) in [6.45, 7) is 4.25. The largest absolute Gasteiger partial charge is 0.326 e. The van der Waals surface area contributed by atoms with Crippen LogP contribution in [0.2, 0.25) is 0 Å². The van der Waals surface area contributed by atoms with Gasteiger partial charge in [-0.2, -0.15) is 10.2 Å². The van der Waals surface area contributed by atoms with Crippen molar-refractivity contribution in [1.29, 1.82) is 0 Å². The fourth-order valence-electron chi connectivity index (χ4n) is 1.45. The van der Waals surface area contributed by atoms with Crippen molar-refractivity contribution in [2.75, 3.05) is 0 Å². The molecule has 0 atom stereocenters. The SMILES string of the molecule is CCn1cc(Cn2cc(CN)cn2)cn1. The molecule has 2 N–H and O–H groups in total. The summed E-state index contributed by atoms with van der Waals surface area (Å²) in [6, 6.07) is 0. The summed E-state index contributed by atoms with van der Waals surface area (Å²) < 4.78 is 3.78. The maximum atomic E-state index is 5.51. The fraction of sp³-hybridized carbons (Fsp3) is 0.400. The van der Waals surface area contributed by atoms with E-state index < -0.39 is 0 Å². The van der Waals surface area contributed by atoms with Gasteiger partial charge in [-0.15, -0.1) is 0 Å². The quantitative estimate of drug-likeness (QED) is 0.795. The molecular formula is C10H15N5. The molecule has 2 heterocycles. The van der Waals surface area contributed by atoms with Crippen molar-refractivity contribution in [3.63, 3.8) is 0 Å². The minimum Gasteiger partial charge on any atom is -0.326 e. The first-order valence-electron chi connectivity index (χ1n) is 5.04. The molecule has 5 nitrogen and oxygen atoms in total. The smallest absolute Gasteiger partial charge is 0.0690 e. The molecule has 15 heavy (non-hydrogen) atoms. The van der Waals surface area contributed by atoms with E-state index in [1.54, 1.807) is 6.20 Å². The van der Waals surface area contributed by atoms with E-state index in [0.29, 0.717) is 6.54 Å². The van der Waals surface area contributed by atoms with Gasteiger partial charge in [0.15, 0.2) is 0 Å². The predicted molar refractivity (Wildman–Crippen MR) is 57.1 cm³/mol. The second-order valence-electron chi connectivity index (χ2n) is 3.45. The zero-order valence-electron chi connectivity index (χ0n) is 8.80. The second-order valence-corrected chi connectivity index (χ2v) is 3.45. The van der Waals surface area contributed by atoms with Crippen molar-refractivity contribution in [2.24, 2.45) is 5.73 Å². The highest BCUT2D eigenvalue weighted by Gasteiger charge is 2.00. The van der Waals surface area contributed by atoms with Gasteiger partial charge in [-0.25, -0.2) is 0 Å². The topological polar surface area (TPSA) is 61.7 Å². The van der Waals surface area contributed by atoms with Gasteiger partial charge in [-0.05, 0) is 6.92 Å². The van der Waals surface area contributed by atoms with E-state index in [2.05, 4.69) is 17.1 Å². The highest BCUT2D eigenvalue weighted by atomic mass is 15.3. The Morgan fingerprint density at radius 1 is 1.13 bits per heavy atom. The number of aromatic nitrogens is 4. The first-order valence-corrected chi connectivity index (χ1v) is 5.04. The van der Waals surface area contributed by atoms with Gasteiger partial charge in [0.05, 0.1) is 18.9 Å². The lowest BCUT2D eigenvalue weighted by molar-refractivity contribution is 0.654. The average Bonchev–Trinajstić information content (AvgIpc) is 2.87. The lowest BCUT2D eigenvalue weighted by Crippen LogP contribution is -1.99. The molecule has 0 amide bonds. The maximum absolute atomic E-state index is 5.51. The van der Waals surface area contributed by atoms with Gasteiger partial charge in [0, 0.05) is 36.6 Å². The molecule has 0 unspecified atom stereocenters. The van der Waals surface area contributed by atoms with Crippen LogP contribution >= 0.6 is 0 Å². The summed E-state index contributed by atoms with van der Waals surface area (Å²) in [7, 11) is 0. The molecule has 2 rings (SSSR count). The Kier molecular flexibility index (Phi) is 2.82. The Morgan fingerprint density at radius 3 is 2.40 bits per heavy atom. The van der Waals surface area contributed by atoms with Gasteiger partial charge in [-0.3, -0.25) is 9.36 Å². The fourth-order valence-corrected chi connectivity index (χ4v) is 1.45. The average molecular weight is 205 g/mol. The zero-order chi connectivity index (χ0) is 10.7. The third kappa shape index (κ3) is 2.24. The van der Waals surface area contributed by atoms with Crippen molar-refractivity contribution in [3.05, 3.63) is 35.9 Å². The van der Waals surface area contributed by atoms with Crippen LogP contribution < -0.4 is 5.73 Å². The summed E-state index contributed by atoms with van der Waals surface area (Å²) in [5.41, 5.74) is 7.72. The van der Waals surface area contributed by atoms with Crippen LogP contribution in [0.15, 0.2) is 24.8 Å². The van der Waals surface area contributed by atoms with E-state index in [-0.39, 0.29) is 0 Å². The number of nitrogens with zero attached hydrogens (tertiary/aromatic N) is 4. The number of aryl methyl sites for hydroxylation is 1. The predicted octanol–water partition coefficient (Wildman–Crippen LogP) is 0.606. The van der Waals surface area contributed by atoms with Gasteiger partial charge < -0.3 is 5.73 Å². The monoisotopic (exact) mass is 205 g/mol. The Bertz CT molecular complexity index is 388. The van der Waals surface area contributed by atoms with Crippen LogP contribution in [-0.2, 0) is 19.6 Å². The summed E-state index contributed by atoms with van der Waals surface area (Å²) in [4.78, 5) is 0. The van der Waals surface area contributed by atoms with Gasteiger partial charge in [0.2, 0.25) is 0 Å². The van der Waals surface area contributed by atoms with Crippen LogP contribution in [0, 0.1) is 0 Å². The Balaban J connectivity index is 2.07. The van der Waals surface area contributed by atoms with E-state index in [9.17, 15) is 0 Å². The van der Waals surface area contributed by atoms with E-state index in [0.717, 1.165) is 24.2 Å². The number of rotatable bonds is 4. The molecule has 0 bridgehead atoms. The Morgan fingerprint density at radius 2 is 1.80 bits per heavy atom. The van der Waals surface area contributed by atoms with Crippen LogP contribution in [0.3, 0.4) is 0 Å². The van der Waals surface area contributed by atoms with Gasteiger partial charge >= 0.3 is 0 Å². The van der Waals surface area contributed by atoms with E-state index in [4.69, 9.17) is 5.73 Å². The second kappa shape index (κ2) is 4.27. The maximum Gasteiger partial charge on any atom is 0.0690 e. The van der Waals surface area contributed by atoms with Crippen LogP contribution in [0.4, 0.5) is 0 Å². The first kappa shape index (κ1) is 9.92. The molecule has 0 saturated carbocycles. The molecule has 0 fully saturated rings. The lowest BCUT2D eigenvalue weighted by Gasteiger charge is -1.97. The summed E-state index contributed by atoms with van der Waals surface area (Å²) >= 11 is 0. The number of hydrogen-bond acceptors (Lipinski definition) is 3. The van der Waals surface area contributed by atoms with Crippen LogP contribution in [0.25, 0.3) is 0 Å². The molecule has 0 aliphatic rings. The number of hydrogen-bond donors (Lipinski definition) is 1. The minimum atomic E-state index is 0.536. The van der Waals surface area contributed by atoms with E-state index >= 15 is 0 Å². The van der Waals surface area contributed by atoms with Crippen molar-refractivity contribution in [1.82, 2.24) is 19.6 Å². The first-order chi connectivity index (χ1) is 7.31. The minimum absolute atomic E-state index is 0.536. The Hall–Kier alpha value is -1.62. The summed E-state index contributed by atoms with van der Waals surface area (Å²) in [6.07, 6.45) is 7.66. The van der Waals surface area contributed by atoms with Crippen LogP contribution in [0.1, 0.15) is 18.1 Å². The molecule has 2 aromatic rings. The third-order valence-corrected chi connectivity index (χ3v) is 2.28. The molecule has 0 aromatic carbocycles. The van der Waals surface area contributed by atoms with Crippen LogP contribution in [0.5, 0.6) is 0 Å². The molecule has 0 aliphatic heterocycles. The van der Waals surface area contributed by atoms with Gasteiger partial charge in [0.1, 0.15) is 0 Å². The Labute approximate surface area is 88.5 Å². The molecule has 5 heteroatoms. The third-order valence-electron chi connectivity index (χ3n) is 2.28. The van der Waals surface area contributed by atoms with Crippen molar-refractivity contribution in [2.45, 2.75) is 26.6 Å². The highest BCUT2D eigenvalue weighted by Crippen LogP contribution is 2.02. The molecule has 80 valence electrons. The van der Waals surface area contributed by atoms with Crippen molar-refractivity contribution in [3.8, 4) is 0 Å². The van der Waals surface area contributed by atoms with Crippen molar-refractivity contribution < 1.29 is 0 Å².